The number of ether oxygens (including phenoxy) is 1. The summed E-state index contributed by atoms with van der Waals surface area (Å²) in [6.07, 6.45) is 8.35. The van der Waals surface area contributed by atoms with E-state index in [1.54, 1.807) is 23.6 Å². The van der Waals surface area contributed by atoms with E-state index in [2.05, 4.69) is 34.1 Å². The maximum absolute atomic E-state index is 12.0. The van der Waals surface area contributed by atoms with E-state index in [0.29, 0.717) is 5.84 Å². The van der Waals surface area contributed by atoms with Crippen LogP contribution in [0.2, 0.25) is 0 Å². The van der Waals surface area contributed by atoms with Gasteiger partial charge in [-0.3, -0.25) is 5.32 Å². The summed E-state index contributed by atoms with van der Waals surface area (Å²) >= 11 is 1.59. The van der Waals surface area contributed by atoms with Gasteiger partial charge in [-0.1, -0.05) is 32.6 Å². The molecule has 0 saturated heterocycles. The van der Waals surface area contributed by atoms with Crippen LogP contribution in [0.3, 0.4) is 0 Å². The SMILES string of the molecule is C=CC(=N/C=C\C)Nc1ncc(CCc2cc(NC(=O)OC(C)(C)C)ccc2C)s1.CC. The van der Waals surface area contributed by atoms with Crippen LogP contribution >= 0.6 is 11.3 Å². The van der Waals surface area contributed by atoms with Crippen LogP contribution in [0.25, 0.3) is 0 Å². The summed E-state index contributed by atoms with van der Waals surface area (Å²) in [7, 11) is 0. The van der Waals surface area contributed by atoms with Crippen LogP contribution in [-0.2, 0) is 17.6 Å². The molecule has 0 fully saturated rings. The van der Waals surface area contributed by atoms with Gasteiger partial charge in [-0.2, -0.15) is 0 Å². The second kappa shape index (κ2) is 13.5. The van der Waals surface area contributed by atoms with Crippen molar-refractivity contribution in [3.8, 4) is 0 Å². The first-order valence-electron chi connectivity index (χ1n) is 10.8. The maximum atomic E-state index is 12.0. The van der Waals surface area contributed by atoms with Gasteiger partial charge in [0.25, 0.3) is 0 Å². The number of carbonyl (C=O) groups is 1. The summed E-state index contributed by atoms with van der Waals surface area (Å²) in [5.74, 6) is 0.658. The van der Waals surface area contributed by atoms with Gasteiger partial charge in [0.2, 0.25) is 0 Å². The van der Waals surface area contributed by atoms with Crippen molar-refractivity contribution in [2.45, 2.75) is 66.9 Å². The lowest BCUT2D eigenvalue weighted by molar-refractivity contribution is 0.0636. The van der Waals surface area contributed by atoms with Crippen molar-refractivity contribution < 1.29 is 9.53 Å². The van der Waals surface area contributed by atoms with Gasteiger partial charge in [-0.05, 0) is 76.8 Å². The molecule has 2 aromatic rings. The number of aromatic nitrogens is 1. The normalized spacial score (nSPS) is 11.5. The zero-order chi connectivity index (χ0) is 24.1. The summed E-state index contributed by atoms with van der Waals surface area (Å²) in [5.41, 5.74) is 2.55. The monoisotopic (exact) mass is 456 g/mol. The predicted molar refractivity (Wildman–Crippen MR) is 138 cm³/mol. The predicted octanol–water partition coefficient (Wildman–Crippen LogP) is 7.14. The fourth-order valence-electron chi connectivity index (χ4n) is 2.58. The third-order valence-corrected chi connectivity index (χ3v) is 4.95. The molecule has 0 aliphatic heterocycles. The highest BCUT2D eigenvalue weighted by atomic mass is 32.1. The van der Waals surface area contributed by atoms with Crippen molar-refractivity contribution in [2.24, 2.45) is 4.99 Å². The summed E-state index contributed by atoms with van der Waals surface area (Å²) < 4.78 is 5.32. The summed E-state index contributed by atoms with van der Waals surface area (Å²) in [4.78, 5) is 21.9. The highest BCUT2D eigenvalue weighted by molar-refractivity contribution is 7.15. The molecule has 32 heavy (non-hydrogen) atoms. The number of benzene rings is 1. The minimum Gasteiger partial charge on any atom is -0.444 e. The van der Waals surface area contributed by atoms with Gasteiger partial charge in [0.05, 0.1) is 0 Å². The molecule has 0 aliphatic carbocycles. The molecule has 174 valence electrons. The zero-order valence-electron chi connectivity index (χ0n) is 20.3. The zero-order valence-corrected chi connectivity index (χ0v) is 21.1. The Morgan fingerprint density at radius 1 is 1.25 bits per heavy atom. The van der Waals surface area contributed by atoms with E-state index in [4.69, 9.17) is 4.74 Å². The number of allylic oxidation sites excluding steroid dienone is 1. The number of aryl methyl sites for hydroxylation is 3. The van der Waals surface area contributed by atoms with Crippen LogP contribution in [0, 0.1) is 6.92 Å². The van der Waals surface area contributed by atoms with Crippen molar-refractivity contribution in [1.82, 2.24) is 4.98 Å². The molecule has 1 heterocycles. The lowest BCUT2D eigenvalue weighted by atomic mass is 10.0. The molecule has 0 unspecified atom stereocenters. The Morgan fingerprint density at radius 2 is 1.97 bits per heavy atom. The Bertz CT molecular complexity index is 940. The third kappa shape index (κ3) is 9.92. The summed E-state index contributed by atoms with van der Waals surface area (Å²) in [6, 6.07) is 5.90. The second-order valence-electron chi connectivity index (χ2n) is 7.73. The first-order valence-corrected chi connectivity index (χ1v) is 11.6. The number of thiazole rings is 1. The first kappa shape index (κ1) is 27.1. The highest BCUT2D eigenvalue weighted by Gasteiger charge is 2.16. The number of nitrogens with one attached hydrogen (secondary N) is 2. The molecule has 1 aromatic heterocycles. The molecule has 1 amide bonds. The van der Waals surface area contributed by atoms with Crippen molar-refractivity contribution >= 4 is 34.1 Å². The lowest BCUT2D eigenvalue weighted by Crippen LogP contribution is -2.27. The smallest absolute Gasteiger partial charge is 0.412 e. The Morgan fingerprint density at radius 3 is 2.59 bits per heavy atom. The van der Waals surface area contributed by atoms with Crippen LogP contribution < -0.4 is 10.6 Å². The van der Waals surface area contributed by atoms with Crippen LogP contribution in [0.4, 0.5) is 15.6 Å². The largest absolute Gasteiger partial charge is 0.444 e. The molecule has 0 atom stereocenters. The molecule has 0 aliphatic rings. The standard InChI is InChI=1S/C23H30N4O2S.C2H6/c1-7-13-24-20(8-2)27-21-25-15-19(30-21)12-10-17-14-18(11-9-16(17)3)26-22(28)29-23(4,5)6;1-2/h7-9,11,13-15H,2,10,12H2,1,3-6H3,(H,26,28)(H,24,25,27);1-2H3/b13-7-;. The third-order valence-electron chi connectivity index (χ3n) is 3.98. The van der Waals surface area contributed by atoms with E-state index < -0.39 is 11.7 Å². The van der Waals surface area contributed by atoms with Crippen molar-refractivity contribution in [2.75, 3.05) is 10.6 Å². The number of hydrogen-bond donors (Lipinski definition) is 2. The average molecular weight is 457 g/mol. The minimum atomic E-state index is -0.529. The molecule has 2 rings (SSSR count). The number of amidine groups is 1. The fourth-order valence-corrected chi connectivity index (χ4v) is 3.40. The van der Waals surface area contributed by atoms with E-state index in [0.717, 1.165) is 28.5 Å². The number of carbonyl (C=O) groups excluding carboxylic acids is 1. The summed E-state index contributed by atoms with van der Waals surface area (Å²) in [6.45, 7) is 17.3. The van der Waals surface area contributed by atoms with Crippen molar-refractivity contribution in [3.63, 3.8) is 0 Å². The molecule has 0 saturated carbocycles. The lowest BCUT2D eigenvalue weighted by Gasteiger charge is -2.20. The quantitative estimate of drug-likeness (QED) is 0.343. The number of rotatable bonds is 7. The Kier molecular flexibility index (Phi) is 11.4. The van der Waals surface area contributed by atoms with Crippen molar-refractivity contribution in [1.29, 1.82) is 0 Å². The molecule has 1 aromatic carbocycles. The van der Waals surface area contributed by atoms with E-state index in [-0.39, 0.29) is 0 Å². The molecule has 0 spiro atoms. The Balaban J connectivity index is 0.00000249. The number of anilines is 2. The van der Waals surface area contributed by atoms with E-state index in [1.165, 1.54) is 11.1 Å². The fraction of sp³-hybridized carbons (Fsp3) is 0.400. The molecule has 2 N–H and O–H groups in total. The van der Waals surface area contributed by atoms with Crippen molar-refractivity contribution in [3.05, 3.63) is 65.3 Å². The Hall–Kier alpha value is -2.93. The average Bonchev–Trinajstić information content (AvgIpc) is 3.19. The van der Waals surface area contributed by atoms with E-state index in [9.17, 15) is 4.79 Å². The van der Waals surface area contributed by atoms with Crippen LogP contribution in [0.5, 0.6) is 0 Å². The molecule has 7 heteroatoms. The number of hydrogen-bond acceptors (Lipinski definition) is 5. The second-order valence-corrected chi connectivity index (χ2v) is 8.84. The summed E-state index contributed by atoms with van der Waals surface area (Å²) in [5, 5.41) is 6.76. The molecule has 0 bridgehead atoms. The highest BCUT2D eigenvalue weighted by Crippen LogP contribution is 2.23. The Labute approximate surface area is 196 Å². The van der Waals surface area contributed by atoms with Gasteiger partial charge >= 0.3 is 6.09 Å². The van der Waals surface area contributed by atoms with E-state index >= 15 is 0 Å². The molecule has 6 nitrogen and oxygen atoms in total. The van der Waals surface area contributed by atoms with Gasteiger partial charge in [-0.15, -0.1) is 11.3 Å². The van der Waals surface area contributed by atoms with Crippen LogP contribution in [0.15, 0.2) is 54.3 Å². The maximum Gasteiger partial charge on any atom is 0.412 e. The molecular weight excluding hydrogens is 420 g/mol. The van der Waals surface area contributed by atoms with E-state index in [1.807, 2.05) is 72.0 Å². The number of aliphatic imine (C=N–C) groups is 1. The molecular formula is C25H36N4O2S. The topological polar surface area (TPSA) is 75.6 Å². The van der Waals surface area contributed by atoms with Gasteiger partial charge in [-0.25, -0.2) is 14.8 Å². The number of amides is 1. The van der Waals surface area contributed by atoms with Gasteiger partial charge in [0, 0.05) is 23.0 Å². The van der Waals surface area contributed by atoms with Crippen LogP contribution in [0.1, 0.15) is 57.5 Å². The van der Waals surface area contributed by atoms with Gasteiger partial charge in [0.15, 0.2) is 5.13 Å². The number of nitrogens with zero attached hydrogens (tertiary/aromatic N) is 2. The minimum absolute atomic E-state index is 0.451. The van der Waals surface area contributed by atoms with Gasteiger partial charge < -0.3 is 10.1 Å². The first-order chi connectivity index (χ1) is 15.2. The van der Waals surface area contributed by atoms with Gasteiger partial charge in [0.1, 0.15) is 11.4 Å². The van der Waals surface area contributed by atoms with Crippen LogP contribution in [-0.4, -0.2) is 22.5 Å². The molecule has 0 radical (unpaired) electrons.